The number of nitrogens with zero attached hydrogens (tertiary/aromatic N) is 3. The number of aromatic nitrogens is 3. The zero-order valence-corrected chi connectivity index (χ0v) is 33.9. The number of hydrogen-bond donors (Lipinski definition) is 0. The van der Waals surface area contributed by atoms with E-state index in [-0.39, 0.29) is 0 Å². The molecule has 0 amide bonds. The first-order chi connectivity index (χ1) is 31.2. The van der Waals surface area contributed by atoms with Crippen molar-refractivity contribution in [1.29, 1.82) is 0 Å². The first kappa shape index (κ1) is 35.2. The van der Waals surface area contributed by atoms with Gasteiger partial charge in [0.05, 0.1) is 22.4 Å². The Balaban J connectivity index is 1.06. The van der Waals surface area contributed by atoms with Crippen LogP contribution < -0.4 is 0 Å². The lowest BCUT2D eigenvalue weighted by Crippen LogP contribution is -1.98. The average molecular weight is 806 g/mol. The normalized spacial score (nSPS) is 11.8. The number of furan rings is 2. The molecule has 0 saturated heterocycles. The summed E-state index contributed by atoms with van der Waals surface area (Å²) >= 11 is 0. The quantitative estimate of drug-likeness (QED) is 0.168. The maximum Gasteiger partial charge on any atom is 0.160 e. The molecule has 0 fully saturated rings. The molecule has 9 aromatic carbocycles. The van der Waals surface area contributed by atoms with Crippen molar-refractivity contribution < 1.29 is 8.83 Å². The van der Waals surface area contributed by atoms with Gasteiger partial charge in [-0.3, -0.25) is 0 Å². The van der Waals surface area contributed by atoms with Gasteiger partial charge < -0.3 is 13.4 Å². The molecule has 5 nitrogen and oxygen atoms in total. The highest BCUT2D eigenvalue weighted by molar-refractivity contribution is 6.15. The van der Waals surface area contributed by atoms with Gasteiger partial charge in [-0.2, -0.15) is 0 Å². The maximum atomic E-state index is 6.42. The lowest BCUT2D eigenvalue weighted by Gasteiger charge is -2.15. The number of para-hydroxylation sites is 4. The van der Waals surface area contributed by atoms with Gasteiger partial charge in [0.2, 0.25) is 0 Å². The van der Waals surface area contributed by atoms with Crippen LogP contribution in [0.1, 0.15) is 0 Å². The first-order valence-electron chi connectivity index (χ1n) is 21.2. The van der Waals surface area contributed by atoms with Crippen molar-refractivity contribution in [3.8, 4) is 61.8 Å². The van der Waals surface area contributed by atoms with E-state index in [2.05, 4.69) is 174 Å². The van der Waals surface area contributed by atoms with Crippen LogP contribution in [0.15, 0.2) is 221 Å². The molecule has 0 N–H and O–H groups in total. The number of benzene rings is 9. The van der Waals surface area contributed by atoms with E-state index in [1.54, 1.807) is 0 Å². The predicted molar refractivity (Wildman–Crippen MR) is 258 cm³/mol. The van der Waals surface area contributed by atoms with Crippen molar-refractivity contribution >= 4 is 65.7 Å². The highest BCUT2D eigenvalue weighted by Crippen LogP contribution is 2.43. The monoisotopic (exact) mass is 805 g/mol. The van der Waals surface area contributed by atoms with Crippen LogP contribution in [-0.2, 0) is 0 Å². The van der Waals surface area contributed by atoms with Crippen LogP contribution in [0, 0.1) is 0 Å². The third-order valence-corrected chi connectivity index (χ3v) is 12.4. The molecular formula is C58H35N3O2. The third-order valence-electron chi connectivity index (χ3n) is 12.4. The molecule has 0 spiro atoms. The molecule has 4 aromatic heterocycles. The van der Waals surface area contributed by atoms with Crippen molar-refractivity contribution in [3.05, 3.63) is 212 Å². The predicted octanol–water partition coefficient (Wildman–Crippen LogP) is 15.7. The minimum atomic E-state index is 0.656. The molecule has 0 aliphatic carbocycles. The summed E-state index contributed by atoms with van der Waals surface area (Å²) in [6.45, 7) is 0. The first-order valence-corrected chi connectivity index (χ1v) is 21.2. The van der Waals surface area contributed by atoms with Crippen molar-refractivity contribution in [2.45, 2.75) is 0 Å². The van der Waals surface area contributed by atoms with Crippen LogP contribution in [-0.4, -0.2) is 14.5 Å². The fourth-order valence-electron chi connectivity index (χ4n) is 9.58. The third kappa shape index (κ3) is 5.71. The summed E-state index contributed by atoms with van der Waals surface area (Å²) in [7, 11) is 0. The molecule has 13 rings (SSSR count). The van der Waals surface area contributed by atoms with Crippen molar-refractivity contribution in [3.63, 3.8) is 0 Å². The molecule has 0 saturated carbocycles. The van der Waals surface area contributed by atoms with E-state index in [1.807, 2.05) is 42.5 Å². The van der Waals surface area contributed by atoms with E-state index >= 15 is 0 Å². The number of rotatable bonds is 6. The molecule has 0 unspecified atom stereocenters. The Morgan fingerprint density at radius 3 is 1.38 bits per heavy atom. The molecule has 5 heteroatoms. The smallest absolute Gasteiger partial charge is 0.160 e. The van der Waals surface area contributed by atoms with Gasteiger partial charge in [-0.1, -0.05) is 140 Å². The van der Waals surface area contributed by atoms with E-state index < -0.39 is 0 Å². The maximum absolute atomic E-state index is 6.42. The molecular weight excluding hydrogens is 771 g/mol. The summed E-state index contributed by atoms with van der Waals surface area (Å²) in [5.74, 6) is 0.656. The minimum Gasteiger partial charge on any atom is -0.456 e. The molecule has 13 aromatic rings. The van der Waals surface area contributed by atoms with E-state index in [1.165, 1.54) is 10.8 Å². The Morgan fingerprint density at radius 2 is 0.778 bits per heavy atom. The minimum absolute atomic E-state index is 0.656. The Labute approximate surface area is 361 Å². The fourth-order valence-corrected chi connectivity index (χ4v) is 9.58. The number of hydrogen-bond acceptors (Lipinski definition) is 4. The average Bonchev–Trinajstić information content (AvgIpc) is 4.04. The van der Waals surface area contributed by atoms with Gasteiger partial charge >= 0.3 is 0 Å². The largest absolute Gasteiger partial charge is 0.456 e. The van der Waals surface area contributed by atoms with E-state index in [0.717, 1.165) is 111 Å². The Morgan fingerprint density at radius 1 is 0.317 bits per heavy atom. The van der Waals surface area contributed by atoms with Crippen LogP contribution in [0.3, 0.4) is 0 Å². The van der Waals surface area contributed by atoms with Gasteiger partial charge in [0.25, 0.3) is 0 Å². The zero-order valence-electron chi connectivity index (χ0n) is 33.9. The van der Waals surface area contributed by atoms with E-state index in [4.69, 9.17) is 18.8 Å². The summed E-state index contributed by atoms with van der Waals surface area (Å²) in [4.78, 5) is 10.7. The summed E-state index contributed by atoms with van der Waals surface area (Å²) < 4.78 is 15.2. The molecule has 4 heterocycles. The Bertz CT molecular complexity index is 3740. The Hall–Kier alpha value is -8.54. The lowest BCUT2D eigenvalue weighted by molar-refractivity contribution is 0.668. The molecule has 0 aliphatic rings. The molecule has 294 valence electrons. The summed E-state index contributed by atoms with van der Waals surface area (Å²) in [5.41, 5.74) is 15.7. The van der Waals surface area contributed by atoms with Gasteiger partial charge in [0.1, 0.15) is 22.3 Å². The summed E-state index contributed by atoms with van der Waals surface area (Å²) in [5, 5.41) is 6.77. The van der Waals surface area contributed by atoms with Crippen LogP contribution >= 0.6 is 0 Å². The Kier molecular flexibility index (Phi) is 7.84. The zero-order chi connectivity index (χ0) is 41.4. The van der Waals surface area contributed by atoms with Gasteiger partial charge in [0, 0.05) is 54.7 Å². The van der Waals surface area contributed by atoms with Crippen molar-refractivity contribution in [2.75, 3.05) is 0 Å². The van der Waals surface area contributed by atoms with E-state index in [0.29, 0.717) is 5.82 Å². The topological polar surface area (TPSA) is 57.0 Å². The SMILES string of the molecule is c1ccc(-c2nc(-c3cc(-c4cccc5oc6ccccc6c45)cc(-c4cccc5oc6ccccc6c45)c3)cc(-c3cccc(-n4c5ccccc5c5ccccc54)c3)n2)cc1. The second-order valence-corrected chi connectivity index (χ2v) is 16.1. The van der Waals surface area contributed by atoms with Crippen molar-refractivity contribution in [1.82, 2.24) is 14.5 Å². The molecule has 0 aliphatic heterocycles. The van der Waals surface area contributed by atoms with Crippen LogP contribution in [0.25, 0.3) is 128 Å². The van der Waals surface area contributed by atoms with Gasteiger partial charge in [0.15, 0.2) is 5.82 Å². The molecule has 0 bridgehead atoms. The fraction of sp³-hybridized carbons (Fsp3) is 0. The van der Waals surface area contributed by atoms with Gasteiger partial charge in [-0.05, 0) is 95.1 Å². The molecule has 63 heavy (non-hydrogen) atoms. The van der Waals surface area contributed by atoms with Gasteiger partial charge in [-0.25, -0.2) is 9.97 Å². The van der Waals surface area contributed by atoms with Gasteiger partial charge in [-0.15, -0.1) is 0 Å². The standard InChI is InChI=1S/C58H35N3O2/c1-2-15-36(16-3-1)58-59-48(37-17-12-18-41(34-37)61-50-25-8-4-19-44(50)45-20-5-9-26-51(45)61)35-49(60-58)40-32-38(42-23-13-29-54-56(42)46-21-6-10-27-52(46)62-54)31-39(33-40)43-24-14-30-55-57(43)47-22-7-11-28-53(47)63-55/h1-35H. The highest BCUT2D eigenvalue weighted by Gasteiger charge is 2.20. The van der Waals surface area contributed by atoms with Crippen LogP contribution in [0.2, 0.25) is 0 Å². The summed E-state index contributed by atoms with van der Waals surface area (Å²) in [6.07, 6.45) is 0. The second-order valence-electron chi connectivity index (χ2n) is 16.1. The lowest BCUT2D eigenvalue weighted by atomic mass is 9.91. The van der Waals surface area contributed by atoms with E-state index in [9.17, 15) is 0 Å². The van der Waals surface area contributed by atoms with Crippen LogP contribution in [0.5, 0.6) is 0 Å². The molecule has 0 atom stereocenters. The highest BCUT2D eigenvalue weighted by atomic mass is 16.3. The molecule has 0 radical (unpaired) electrons. The second kappa shape index (κ2) is 14.0. The van der Waals surface area contributed by atoms with Crippen molar-refractivity contribution in [2.24, 2.45) is 0 Å². The number of fused-ring (bicyclic) bond motifs is 9. The summed E-state index contributed by atoms with van der Waals surface area (Å²) in [6, 6.07) is 74.4. The van der Waals surface area contributed by atoms with Crippen LogP contribution in [0.4, 0.5) is 0 Å².